The lowest BCUT2D eigenvalue weighted by Gasteiger charge is -2.15. The zero-order chi connectivity index (χ0) is 42.6. The van der Waals surface area contributed by atoms with E-state index in [2.05, 4.69) is 191 Å². The summed E-state index contributed by atoms with van der Waals surface area (Å²) in [5.41, 5.74) is 10.6. The average Bonchev–Trinajstić information content (AvgIpc) is 4.03. The molecule has 14 rings (SSSR count). The number of para-hydroxylation sites is 3. The van der Waals surface area contributed by atoms with Crippen LogP contribution in [0.3, 0.4) is 0 Å². The van der Waals surface area contributed by atoms with Gasteiger partial charge in [-0.25, -0.2) is 15.0 Å². The second-order valence-electron chi connectivity index (χ2n) is 16.8. The lowest BCUT2D eigenvalue weighted by molar-refractivity contribution is 0.669. The zero-order valence-corrected chi connectivity index (χ0v) is 34.9. The quantitative estimate of drug-likeness (QED) is 0.173. The minimum atomic E-state index is 0.525. The van der Waals surface area contributed by atoms with Gasteiger partial charge in [0.05, 0.1) is 33.3 Å². The average molecular weight is 830 g/mol. The van der Waals surface area contributed by atoms with Crippen LogP contribution in [0.4, 0.5) is 0 Å². The molecule has 0 saturated heterocycles. The van der Waals surface area contributed by atoms with Crippen molar-refractivity contribution in [3.8, 4) is 45.5 Å². The van der Waals surface area contributed by atoms with Crippen LogP contribution in [-0.2, 0) is 0 Å². The van der Waals surface area contributed by atoms with Crippen LogP contribution in [0.1, 0.15) is 0 Å². The molecule has 0 saturated carbocycles. The Morgan fingerprint density at radius 3 is 1.80 bits per heavy atom. The summed E-state index contributed by atoms with van der Waals surface area (Å²) in [6.07, 6.45) is 0. The maximum atomic E-state index is 6.97. The normalized spacial score (nSPS) is 12.0. The van der Waals surface area contributed by atoms with Crippen LogP contribution < -0.4 is 0 Å². The third-order valence-electron chi connectivity index (χ3n) is 13.1. The fourth-order valence-corrected chi connectivity index (χ4v) is 10.2. The number of aromatic nitrogens is 5. The number of furan rings is 1. The Morgan fingerprint density at radius 1 is 0.338 bits per heavy atom. The molecule has 0 N–H and O–H groups in total. The van der Waals surface area contributed by atoms with Gasteiger partial charge in [0.25, 0.3) is 0 Å². The third-order valence-corrected chi connectivity index (χ3v) is 13.1. The van der Waals surface area contributed by atoms with Crippen molar-refractivity contribution in [2.24, 2.45) is 0 Å². The van der Waals surface area contributed by atoms with Crippen molar-refractivity contribution in [1.29, 1.82) is 0 Å². The second kappa shape index (κ2) is 13.8. The smallest absolute Gasteiger partial charge is 0.170 e. The SMILES string of the molecule is c1ccc(-c2nc(-c3ccc4c(c3)c3ccccc3n4-c3ccccc3)nc(-c3c(-n4c5cc6ccccc6cc5c5c6ccccc6ccc54)ccc4c3oc3ccccc34)n2)cc1. The first-order valence-electron chi connectivity index (χ1n) is 21.9. The van der Waals surface area contributed by atoms with Gasteiger partial charge in [0.1, 0.15) is 11.2 Å². The summed E-state index contributed by atoms with van der Waals surface area (Å²) in [6.45, 7) is 0. The predicted molar refractivity (Wildman–Crippen MR) is 267 cm³/mol. The molecule has 6 heteroatoms. The molecule has 0 amide bonds. The molecule has 4 aromatic heterocycles. The third kappa shape index (κ3) is 5.38. The number of hydrogen-bond donors (Lipinski definition) is 0. The first kappa shape index (κ1) is 35.7. The van der Waals surface area contributed by atoms with Crippen molar-refractivity contribution in [2.45, 2.75) is 0 Å². The van der Waals surface area contributed by atoms with Crippen molar-refractivity contribution >= 4 is 87.1 Å². The maximum Gasteiger partial charge on any atom is 0.170 e. The zero-order valence-electron chi connectivity index (χ0n) is 34.9. The van der Waals surface area contributed by atoms with Crippen molar-refractivity contribution in [3.63, 3.8) is 0 Å². The summed E-state index contributed by atoms with van der Waals surface area (Å²) in [4.78, 5) is 16.2. The maximum absolute atomic E-state index is 6.97. The van der Waals surface area contributed by atoms with Crippen molar-refractivity contribution in [3.05, 3.63) is 212 Å². The Kier molecular flexibility index (Phi) is 7.59. The molecule has 6 nitrogen and oxygen atoms in total. The molecular weight excluding hydrogens is 795 g/mol. The molecule has 0 atom stereocenters. The van der Waals surface area contributed by atoms with Crippen molar-refractivity contribution < 1.29 is 4.42 Å². The minimum absolute atomic E-state index is 0.525. The molecule has 0 bridgehead atoms. The van der Waals surface area contributed by atoms with E-state index in [1.807, 2.05) is 30.3 Å². The van der Waals surface area contributed by atoms with Crippen molar-refractivity contribution in [2.75, 3.05) is 0 Å². The molecule has 0 aliphatic rings. The summed E-state index contributed by atoms with van der Waals surface area (Å²) in [6, 6.07) is 75.0. The highest BCUT2D eigenvalue weighted by molar-refractivity contribution is 6.24. The Labute approximate surface area is 371 Å². The van der Waals surface area contributed by atoms with E-state index in [4.69, 9.17) is 19.4 Å². The Balaban J connectivity index is 1.10. The van der Waals surface area contributed by atoms with E-state index < -0.39 is 0 Å². The van der Waals surface area contributed by atoms with Crippen LogP contribution in [0.25, 0.3) is 133 Å². The molecule has 14 aromatic rings. The van der Waals surface area contributed by atoms with Gasteiger partial charge < -0.3 is 13.6 Å². The number of fused-ring (bicyclic) bond motifs is 12. The van der Waals surface area contributed by atoms with Crippen LogP contribution in [0, 0.1) is 0 Å². The van der Waals surface area contributed by atoms with E-state index >= 15 is 0 Å². The summed E-state index contributed by atoms with van der Waals surface area (Å²) in [5, 5.41) is 11.4. The van der Waals surface area contributed by atoms with Crippen LogP contribution in [0.5, 0.6) is 0 Å². The summed E-state index contributed by atoms with van der Waals surface area (Å²) < 4.78 is 11.7. The van der Waals surface area contributed by atoms with Crippen LogP contribution in [0.2, 0.25) is 0 Å². The van der Waals surface area contributed by atoms with Crippen LogP contribution in [-0.4, -0.2) is 24.1 Å². The highest BCUT2D eigenvalue weighted by atomic mass is 16.3. The van der Waals surface area contributed by atoms with E-state index in [1.165, 1.54) is 26.9 Å². The standard InChI is InChI=1S/C59H35N5O/c1-3-16-37(17-4-1)57-60-58(40-28-30-49-46(34-40)43-23-11-13-25-48(43)63(49)41-20-5-2-6-21-41)62-59(61-57)55-51(32-29-45-44-24-12-14-26-53(44)65-56(45)55)64-50-31-27-36-15-9-10-22-42(36)54(50)47-33-38-18-7-8-19-39(38)35-52(47)64/h1-35H. The molecule has 10 aromatic carbocycles. The molecule has 302 valence electrons. The molecule has 0 aliphatic heterocycles. The van der Waals surface area contributed by atoms with Gasteiger partial charge >= 0.3 is 0 Å². The van der Waals surface area contributed by atoms with Gasteiger partial charge in [-0.2, -0.15) is 0 Å². The van der Waals surface area contributed by atoms with Gasteiger partial charge in [-0.1, -0.05) is 140 Å². The lowest BCUT2D eigenvalue weighted by Crippen LogP contribution is -2.04. The number of hydrogen-bond acceptors (Lipinski definition) is 4. The molecule has 0 spiro atoms. The molecule has 4 heterocycles. The molecule has 0 radical (unpaired) electrons. The monoisotopic (exact) mass is 829 g/mol. The minimum Gasteiger partial charge on any atom is -0.455 e. The Hall–Kier alpha value is -8.87. The van der Waals surface area contributed by atoms with Crippen molar-refractivity contribution in [1.82, 2.24) is 24.1 Å². The topological polar surface area (TPSA) is 61.7 Å². The van der Waals surface area contributed by atoms with E-state index in [-0.39, 0.29) is 0 Å². The molecule has 0 aliphatic carbocycles. The van der Waals surface area contributed by atoms with E-state index in [0.717, 1.165) is 88.2 Å². The van der Waals surface area contributed by atoms with Gasteiger partial charge in [-0.05, 0) is 94.3 Å². The molecular formula is C59H35N5O. The lowest BCUT2D eigenvalue weighted by atomic mass is 10.0. The number of benzene rings is 10. The van der Waals surface area contributed by atoms with Gasteiger partial charge in [-0.15, -0.1) is 0 Å². The highest BCUT2D eigenvalue weighted by Crippen LogP contribution is 2.45. The number of rotatable bonds is 5. The van der Waals surface area contributed by atoms with Gasteiger partial charge in [0.15, 0.2) is 17.5 Å². The van der Waals surface area contributed by atoms with Gasteiger partial charge in [0.2, 0.25) is 0 Å². The number of nitrogens with zero attached hydrogens (tertiary/aromatic N) is 5. The largest absolute Gasteiger partial charge is 0.455 e. The summed E-state index contributed by atoms with van der Waals surface area (Å²) >= 11 is 0. The van der Waals surface area contributed by atoms with Gasteiger partial charge in [0, 0.05) is 49.1 Å². The summed E-state index contributed by atoms with van der Waals surface area (Å²) in [5.74, 6) is 1.68. The molecule has 0 unspecified atom stereocenters. The summed E-state index contributed by atoms with van der Waals surface area (Å²) in [7, 11) is 0. The predicted octanol–water partition coefficient (Wildman–Crippen LogP) is 15.3. The fourth-order valence-electron chi connectivity index (χ4n) is 10.2. The first-order chi connectivity index (χ1) is 32.2. The molecule has 65 heavy (non-hydrogen) atoms. The van der Waals surface area contributed by atoms with E-state index in [1.54, 1.807) is 0 Å². The van der Waals surface area contributed by atoms with Crippen LogP contribution in [0.15, 0.2) is 217 Å². The Morgan fingerprint density at radius 2 is 0.969 bits per heavy atom. The van der Waals surface area contributed by atoms with E-state index in [0.29, 0.717) is 17.5 Å². The first-order valence-corrected chi connectivity index (χ1v) is 21.9. The van der Waals surface area contributed by atoms with Crippen LogP contribution >= 0.6 is 0 Å². The molecule has 0 fully saturated rings. The van der Waals surface area contributed by atoms with E-state index in [9.17, 15) is 0 Å². The Bertz CT molecular complexity index is 4240. The highest BCUT2D eigenvalue weighted by Gasteiger charge is 2.26. The van der Waals surface area contributed by atoms with Gasteiger partial charge in [-0.3, -0.25) is 0 Å². The second-order valence-corrected chi connectivity index (χ2v) is 16.8. The fraction of sp³-hybridized carbons (Fsp3) is 0.